The van der Waals surface area contributed by atoms with Gasteiger partial charge in [-0.1, -0.05) is 13.3 Å². The number of aromatic nitrogens is 1. The predicted octanol–water partition coefficient (Wildman–Crippen LogP) is 2.01. The molecule has 1 aromatic rings. The second-order valence-electron chi connectivity index (χ2n) is 15.5. The third-order valence-electron chi connectivity index (χ3n) is 9.72. The van der Waals surface area contributed by atoms with Gasteiger partial charge in [0.25, 0.3) is 11.8 Å². The van der Waals surface area contributed by atoms with Gasteiger partial charge in [-0.05, 0) is 56.4 Å². The summed E-state index contributed by atoms with van der Waals surface area (Å²) >= 11 is 0. The zero-order chi connectivity index (χ0) is 42.3. The van der Waals surface area contributed by atoms with Gasteiger partial charge >= 0.3 is 19.0 Å². The average molecular weight is 824 g/mol. The molecule has 1 atom stereocenters. The largest absolute Gasteiger partial charge is 0.748 e. The molecular weight excluding hydrogens is 771 g/mol. The lowest BCUT2D eigenvalue weighted by Gasteiger charge is -2.31. The van der Waals surface area contributed by atoms with Gasteiger partial charge in [-0.15, -0.1) is 5.06 Å². The number of nitrogens with zero attached hydrogens (tertiary/aromatic N) is 4. The number of hydroxylamine groups is 2. The molecule has 4 rings (SSSR count). The lowest BCUT2D eigenvalue weighted by Crippen LogP contribution is -2.54. The van der Waals surface area contributed by atoms with E-state index >= 15 is 8.63 Å². The van der Waals surface area contributed by atoms with Crippen LogP contribution in [-0.4, -0.2) is 126 Å². The van der Waals surface area contributed by atoms with Gasteiger partial charge in [-0.3, -0.25) is 24.5 Å². The van der Waals surface area contributed by atoms with E-state index in [9.17, 15) is 41.7 Å². The summed E-state index contributed by atoms with van der Waals surface area (Å²) in [6.07, 6.45) is 6.38. The number of hydrogen-bond donors (Lipinski definition) is 3. The second kappa shape index (κ2) is 18.7. The fourth-order valence-electron chi connectivity index (χ4n) is 6.99. The summed E-state index contributed by atoms with van der Waals surface area (Å²) in [6, 6.07) is -1.38. The minimum Gasteiger partial charge on any atom is -0.748 e. The molecule has 3 aliphatic rings. The van der Waals surface area contributed by atoms with E-state index in [1.807, 2.05) is 17.6 Å². The Balaban J connectivity index is 1.36. The van der Waals surface area contributed by atoms with Crippen molar-refractivity contribution in [2.75, 3.05) is 40.0 Å². The smallest absolute Gasteiger partial charge is 0.737 e. The molecule has 1 fully saturated rings. The highest BCUT2D eigenvalue weighted by atomic mass is 32.2. The van der Waals surface area contributed by atoms with E-state index in [1.165, 1.54) is 0 Å². The Morgan fingerprint density at radius 3 is 2.32 bits per heavy atom. The molecule has 3 N–H and O–H groups in total. The van der Waals surface area contributed by atoms with Gasteiger partial charge < -0.3 is 42.1 Å². The van der Waals surface area contributed by atoms with E-state index in [-0.39, 0.29) is 50.8 Å². The third kappa shape index (κ3) is 12.1. The molecule has 1 aromatic heterocycles. The highest BCUT2D eigenvalue weighted by Gasteiger charge is 2.54. The summed E-state index contributed by atoms with van der Waals surface area (Å²) in [5.41, 5.74) is 3.01. The van der Waals surface area contributed by atoms with Gasteiger partial charge in [0.1, 0.15) is 11.8 Å². The van der Waals surface area contributed by atoms with Gasteiger partial charge in [0.05, 0.1) is 43.6 Å². The summed E-state index contributed by atoms with van der Waals surface area (Å²) in [4.78, 5) is 78.2. The topological polar surface area (TPSA) is 216 Å². The number of nitrogens with one attached hydrogen (secondary N) is 3. The highest BCUT2D eigenvalue weighted by molar-refractivity contribution is 7.85. The molecule has 21 heteroatoms. The van der Waals surface area contributed by atoms with Crippen LogP contribution in [0.3, 0.4) is 0 Å². The molecule has 0 radical (unpaired) electrons. The molecule has 314 valence electrons. The van der Waals surface area contributed by atoms with Gasteiger partial charge in [0.2, 0.25) is 11.8 Å². The first-order chi connectivity index (χ1) is 26.6. The molecule has 0 saturated carbocycles. The van der Waals surface area contributed by atoms with E-state index in [0.717, 1.165) is 50.4 Å². The number of aryl methyl sites for hydroxylation is 2. The van der Waals surface area contributed by atoms with Crippen LogP contribution in [0.5, 0.6) is 0 Å². The molecular formula is C36H52BF2N7O10S. The van der Waals surface area contributed by atoms with Crippen LogP contribution in [0.2, 0.25) is 0 Å². The summed E-state index contributed by atoms with van der Waals surface area (Å²) in [5, 5.41) is 6.71. The number of halogens is 2. The minimum absolute atomic E-state index is 0.0659. The SMILES string of the molecule is CCCCC1=CC(CCC(=O)NC(=O)NC(CS(=O)(=O)[O-])C(=O)NCCCCC(=O)ON2C(=O)CCC2=O)=[N+]2C1=Cc1c(CCC[N+](C)(C)C)cc(C)n1[B-]2(F)F. The molecule has 0 aliphatic carbocycles. The average Bonchev–Trinajstić information content (AvgIpc) is 3.73. The van der Waals surface area contributed by atoms with Crippen LogP contribution in [0.1, 0.15) is 94.5 Å². The first-order valence-corrected chi connectivity index (χ1v) is 20.7. The Morgan fingerprint density at radius 1 is 1.00 bits per heavy atom. The zero-order valence-electron chi connectivity index (χ0n) is 33.0. The van der Waals surface area contributed by atoms with Crippen molar-refractivity contribution in [3.05, 3.63) is 40.4 Å². The van der Waals surface area contributed by atoms with E-state index in [1.54, 1.807) is 25.1 Å². The molecule has 3 aliphatic heterocycles. The van der Waals surface area contributed by atoms with Crippen molar-refractivity contribution in [3.8, 4) is 0 Å². The quantitative estimate of drug-likeness (QED) is 0.0572. The van der Waals surface area contributed by atoms with Gasteiger partial charge in [-0.2, -0.15) is 0 Å². The number of allylic oxidation sites excluding steroid dienone is 2. The monoisotopic (exact) mass is 823 g/mol. The van der Waals surface area contributed by atoms with Crippen molar-refractivity contribution in [1.29, 1.82) is 0 Å². The number of unbranched alkanes of at least 4 members (excludes halogenated alkanes) is 2. The summed E-state index contributed by atoms with van der Waals surface area (Å²) in [5.74, 6) is -5.44. The standard InChI is InChI=1S/C36H52BF2N7O10S/c1-6-7-11-26-21-27(44-30(26)22-29-25(12-10-19-46(3,4)5)20-24(2)43(29)37(44,38)39)14-15-31(47)42-36(52)41-28(23-57(53,54)55)35(51)40-18-9-8-13-34(50)56-45-32(48)16-17-33(45)49/h20-22,28H,6-19,23H2,1-5H3,(H3-,40,41,42,47,51,52,53,54,55). The van der Waals surface area contributed by atoms with E-state index in [2.05, 4.69) is 26.5 Å². The summed E-state index contributed by atoms with van der Waals surface area (Å²) < 4.78 is 70.5. The Morgan fingerprint density at radius 2 is 1.68 bits per heavy atom. The van der Waals surface area contributed by atoms with Crippen LogP contribution in [0.25, 0.3) is 6.08 Å². The predicted molar refractivity (Wildman–Crippen MR) is 203 cm³/mol. The molecule has 0 aromatic carbocycles. The summed E-state index contributed by atoms with van der Waals surface area (Å²) in [7, 11) is 1.18. The van der Waals surface area contributed by atoms with Crippen molar-refractivity contribution in [3.63, 3.8) is 0 Å². The Hall–Kier alpha value is -4.76. The number of hydrogen-bond acceptors (Lipinski definition) is 10. The van der Waals surface area contributed by atoms with E-state index in [4.69, 9.17) is 4.84 Å². The number of carbonyl (C=O) groups excluding carboxylic acids is 6. The first-order valence-electron chi connectivity index (χ1n) is 19.1. The molecule has 0 bridgehead atoms. The number of amides is 6. The molecule has 57 heavy (non-hydrogen) atoms. The maximum absolute atomic E-state index is 16.6. The normalized spacial score (nSPS) is 16.8. The number of quaternary nitrogens is 1. The minimum atomic E-state index is -5.05. The number of urea groups is 1. The van der Waals surface area contributed by atoms with Crippen molar-refractivity contribution >= 4 is 64.5 Å². The van der Waals surface area contributed by atoms with Gasteiger partial charge in [0, 0.05) is 68.5 Å². The Kier molecular flexibility index (Phi) is 14.7. The fourth-order valence-corrected chi connectivity index (χ4v) is 7.64. The molecule has 4 heterocycles. The summed E-state index contributed by atoms with van der Waals surface area (Å²) in [6.45, 7) is 0.0372. The highest BCUT2D eigenvalue weighted by Crippen LogP contribution is 2.39. The van der Waals surface area contributed by atoms with Crippen LogP contribution in [0, 0.1) is 6.92 Å². The number of rotatable bonds is 20. The molecule has 0 spiro atoms. The van der Waals surface area contributed by atoms with Gasteiger partial charge in [0.15, 0.2) is 5.70 Å². The van der Waals surface area contributed by atoms with Gasteiger partial charge in [-0.25, -0.2) is 18.0 Å². The second-order valence-corrected chi connectivity index (χ2v) is 17.0. The lowest BCUT2D eigenvalue weighted by molar-refractivity contribution is -0.870. The number of fused-ring (bicyclic) bond motifs is 2. The number of imide groups is 2. The first kappa shape index (κ1) is 45.0. The van der Waals surface area contributed by atoms with E-state index in [0.29, 0.717) is 35.0 Å². The lowest BCUT2D eigenvalue weighted by atomic mass is 9.88. The maximum atomic E-state index is 16.6. The van der Waals surface area contributed by atoms with Crippen molar-refractivity contribution in [1.82, 2.24) is 25.5 Å². The Bertz CT molecular complexity index is 1970. The molecule has 17 nitrogen and oxygen atoms in total. The third-order valence-corrected chi connectivity index (χ3v) is 10.5. The van der Waals surface area contributed by atoms with Crippen LogP contribution in [0.4, 0.5) is 13.4 Å². The zero-order valence-corrected chi connectivity index (χ0v) is 33.8. The molecule has 1 saturated heterocycles. The van der Waals surface area contributed by atoms with Crippen LogP contribution >= 0.6 is 0 Å². The number of carbonyl (C=O) groups is 6. The molecule has 1 unspecified atom stereocenters. The van der Waals surface area contributed by atoms with Crippen LogP contribution in [0.15, 0.2) is 23.4 Å². The Labute approximate surface area is 330 Å². The molecule has 6 amide bonds. The van der Waals surface area contributed by atoms with Crippen LogP contribution in [-0.2, 0) is 45.3 Å². The fraction of sp³-hybridized carbons (Fsp3) is 0.583. The van der Waals surface area contributed by atoms with Crippen molar-refractivity contribution in [2.24, 2.45) is 0 Å². The van der Waals surface area contributed by atoms with Crippen LogP contribution < -0.4 is 16.0 Å². The van der Waals surface area contributed by atoms with E-state index < -0.39 is 70.9 Å². The maximum Gasteiger partial charge on any atom is 0.737 e. The van der Waals surface area contributed by atoms with Crippen molar-refractivity contribution < 1.29 is 64.2 Å². The van der Waals surface area contributed by atoms with Crippen molar-refractivity contribution in [2.45, 2.75) is 96.9 Å².